The van der Waals surface area contributed by atoms with Crippen LogP contribution in [0.25, 0.3) is 0 Å². The zero-order chi connectivity index (χ0) is 10.3. The fraction of sp³-hybridized carbons (Fsp3) is 0.444. The van der Waals surface area contributed by atoms with Crippen molar-refractivity contribution in [3.05, 3.63) is 18.4 Å². The maximum absolute atomic E-state index is 10.9. The molecule has 0 aliphatic rings. The van der Waals surface area contributed by atoms with E-state index in [0.717, 1.165) is 0 Å². The van der Waals surface area contributed by atoms with Crippen molar-refractivity contribution in [2.75, 3.05) is 0 Å². The fourth-order valence-corrected chi connectivity index (χ4v) is 0.677. The lowest BCUT2D eigenvalue weighted by molar-refractivity contribution is -0.118. The molecule has 0 aromatic carbocycles. The molecule has 0 heterocycles. The highest BCUT2D eigenvalue weighted by atomic mass is 16.6. The van der Waals surface area contributed by atoms with Gasteiger partial charge in [-0.3, -0.25) is 10.1 Å². The SMILES string of the molecule is C=C=C[C@H](CC)OC(=O)NC(C)=O. The lowest BCUT2D eigenvalue weighted by atomic mass is 10.3. The van der Waals surface area contributed by atoms with Gasteiger partial charge in [-0.15, -0.1) is 5.73 Å². The molecule has 0 aliphatic carbocycles. The summed E-state index contributed by atoms with van der Waals surface area (Å²) >= 11 is 0. The van der Waals surface area contributed by atoms with Crippen LogP contribution in [-0.2, 0) is 9.53 Å². The molecule has 1 N–H and O–H groups in total. The highest BCUT2D eigenvalue weighted by Crippen LogP contribution is 1.98. The molecule has 1 atom stereocenters. The Bertz CT molecular complexity index is 241. The van der Waals surface area contributed by atoms with Crippen LogP contribution in [0.1, 0.15) is 20.3 Å². The third-order valence-corrected chi connectivity index (χ3v) is 1.24. The Morgan fingerprint density at radius 3 is 2.69 bits per heavy atom. The molecule has 0 bridgehead atoms. The summed E-state index contributed by atoms with van der Waals surface area (Å²) < 4.78 is 4.82. The molecule has 0 aromatic heterocycles. The topological polar surface area (TPSA) is 55.4 Å². The predicted octanol–water partition coefficient (Wildman–Crippen LogP) is 1.38. The summed E-state index contributed by atoms with van der Waals surface area (Å²) in [7, 11) is 0. The lowest BCUT2D eigenvalue weighted by Crippen LogP contribution is -2.31. The summed E-state index contributed by atoms with van der Waals surface area (Å²) in [5.74, 6) is -0.442. The van der Waals surface area contributed by atoms with Crippen LogP contribution >= 0.6 is 0 Å². The summed E-state index contributed by atoms with van der Waals surface area (Å²) in [5, 5.41) is 2.00. The van der Waals surface area contributed by atoms with E-state index in [2.05, 4.69) is 12.3 Å². The van der Waals surface area contributed by atoms with Gasteiger partial charge in [0.1, 0.15) is 6.10 Å². The van der Waals surface area contributed by atoms with Crippen LogP contribution in [0.5, 0.6) is 0 Å². The molecule has 2 amide bonds. The Hall–Kier alpha value is -1.54. The third-order valence-electron chi connectivity index (χ3n) is 1.24. The van der Waals surface area contributed by atoms with Gasteiger partial charge in [-0.05, 0) is 12.5 Å². The number of carbonyl (C=O) groups is 2. The molecule has 0 spiro atoms. The van der Waals surface area contributed by atoms with Crippen LogP contribution < -0.4 is 5.32 Å². The van der Waals surface area contributed by atoms with E-state index < -0.39 is 12.0 Å². The van der Waals surface area contributed by atoms with E-state index in [-0.39, 0.29) is 6.10 Å². The summed E-state index contributed by atoms with van der Waals surface area (Å²) in [6, 6.07) is 0. The van der Waals surface area contributed by atoms with E-state index in [9.17, 15) is 9.59 Å². The molecular weight excluding hydrogens is 170 g/mol. The number of ether oxygens (including phenoxy) is 1. The normalized spacial score (nSPS) is 10.9. The monoisotopic (exact) mass is 183 g/mol. The van der Waals surface area contributed by atoms with Gasteiger partial charge in [0.25, 0.3) is 0 Å². The molecule has 0 aliphatic heterocycles. The maximum Gasteiger partial charge on any atom is 0.414 e. The molecule has 72 valence electrons. The minimum Gasteiger partial charge on any atom is -0.441 e. The minimum atomic E-state index is -0.745. The van der Waals surface area contributed by atoms with Crippen LogP contribution in [0.3, 0.4) is 0 Å². The zero-order valence-electron chi connectivity index (χ0n) is 7.79. The molecule has 4 nitrogen and oxygen atoms in total. The van der Waals surface area contributed by atoms with E-state index in [0.29, 0.717) is 6.42 Å². The highest BCUT2D eigenvalue weighted by molar-refractivity contribution is 5.90. The number of rotatable bonds is 3. The molecule has 0 radical (unpaired) electrons. The van der Waals surface area contributed by atoms with Crippen molar-refractivity contribution >= 4 is 12.0 Å². The van der Waals surface area contributed by atoms with Gasteiger partial charge >= 0.3 is 6.09 Å². The second-order valence-electron chi connectivity index (χ2n) is 2.40. The average Bonchev–Trinajstić information content (AvgIpc) is 2.02. The molecule has 0 saturated carbocycles. The number of amides is 2. The first-order valence-electron chi connectivity index (χ1n) is 3.94. The number of hydrogen-bond donors (Lipinski definition) is 1. The van der Waals surface area contributed by atoms with Crippen molar-refractivity contribution in [3.8, 4) is 0 Å². The Labute approximate surface area is 77.3 Å². The molecule has 0 saturated heterocycles. The quantitative estimate of drug-likeness (QED) is 0.672. The average molecular weight is 183 g/mol. The largest absolute Gasteiger partial charge is 0.441 e. The van der Waals surface area contributed by atoms with Crippen LogP contribution in [0, 0.1) is 0 Å². The molecule has 4 heteroatoms. The van der Waals surface area contributed by atoms with E-state index in [1.54, 1.807) is 0 Å². The first-order valence-corrected chi connectivity index (χ1v) is 3.94. The first-order chi connectivity index (χ1) is 6.10. The maximum atomic E-state index is 10.9. The van der Waals surface area contributed by atoms with Gasteiger partial charge in [0.15, 0.2) is 0 Å². The van der Waals surface area contributed by atoms with Crippen molar-refractivity contribution in [1.29, 1.82) is 0 Å². The molecule has 0 rings (SSSR count). The van der Waals surface area contributed by atoms with Crippen LogP contribution in [0.2, 0.25) is 0 Å². The number of nitrogens with one attached hydrogen (secondary N) is 1. The van der Waals surface area contributed by atoms with Crippen molar-refractivity contribution in [2.24, 2.45) is 0 Å². The lowest BCUT2D eigenvalue weighted by Gasteiger charge is -2.10. The van der Waals surface area contributed by atoms with Crippen LogP contribution in [0.15, 0.2) is 18.4 Å². The van der Waals surface area contributed by atoms with E-state index in [1.165, 1.54) is 13.0 Å². The minimum absolute atomic E-state index is 0.378. The summed E-state index contributed by atoms with van der Waals surface area (Å²) in [5.41, 5.74) is 2.51. The summed E-state index contributed by atoms with van der Waals surface area (Å²) in [4.78, 5) is 21.3. The van der Waals surface area contributed by atoms with Crippen molar-refractivity contribution in [2.45, 2.75) is 26.4 Å². The van der Waals surface area contributed by atoms with E-state index >= 15 is 0 Å². The van der Waals surface area contributed by atoms with Gasteiger partial charge in [-0.25, -0.2) is 4.79 Å². The Morgan fingerprint density at radius 1 is 1.69 bits per heavy atom. The summed E-state index contributed by atoms with van der Waals surface area (Å²) in [6.07, 6.45) is 1.02. The summed E-state index contributed by atoms with van der Waals surface area (Å²) in [6.45, 7) is 6.45. The van der Waals surface area contributed by atoms with Crippen molar-refractivity contribution in [3.63, 3.8) is 0 Å². The fourth-order valence-electron chi connectivity index (χ4n) is 0.677. The molecule has 13 heavy (non-hydrogen) atoms. The standard InChI is InChI=1S/C9H13NO3/c1-4-6-8(5-2)13-9(12)10-7(3)11/h6,8H,1,5H2,2-3H3,(H,10,11,12)/t8-/m0/s1. The van der Waals surface area contributed by atoms with Gasteiger partial charge in [0.2, 0.25) is 5.91 Å². The van der Waals surface area contributed by atoms with Gasteiger partial charge < -0.3 is 4.74 Å². The Balaban J connectivity index is 4.00. The number of hydrogen-bond acceptors (Lipinski definition) is 3. The van der Waals surface area contributed by atoms with Gasteiger partial charge in [0.05, 0.1) is 0 Å². The molecule has 0 unspecified atom stereocenters. The highest BCUT2D eigenvalue weighted by Gasteiger charge is 2.09. The van der Waals surface area contributed by atoms with E-state index in [1.807, 2.05) is 12.2 Å². The number of carbonyl (C=O) groups excluding carboxylic acids is 2. The third kappa shape index (κ3) is 5.70. The number of imide groups is 1. The van der Waals surface area contributed by atoms with Gasteiger partial charge in [-0.1, -0.05) is 13.5 Å². The smallest absolute Gasteiger partial charge is 0.414 e. The molecule has 0 aromatic rings. The van der Waals surface area contributed by atoms with Gasteiger partial charge in [0, 0.05) is 6.92 Å². The van der Waals surface area contributed by atoms with Crippen LogP contribution in [-0.4, -0.2) is 18.1 Å². The predicted molar refractivity (Wildman–Crippen MR) is 48.1 cm³/mol. The molecule has 0 fully saturated rings. The van der Waals surface area contributed by atoms with Crippen molar-refractivity contribution in [1.82, 2.24) is 5.32 Å². The van der Waals surface area contributed by atoms with Crippen LogP contribution in [0.4, 0.5) is 4.79 Å². The van der Waals surface area contributed by atoms with Gasteiger partial charge in [-0.2, -0.15) is 0 Å². The zero-order valence-corrected chi connectivity index (χ0v) is 7.79. The molecular formula is C9H13NO3. The van der Waals surface area contributed by atoms with Crippen molar-refractivity contribution < 1.29 is 14.3 Å². The first kappa shape index (κ1) is 11.5. The number of alkyl carbamates (subject to hydrolysis) is 1. The van der Waals surface area contributed by atoms with E-state index in [4.69, 9.17) is 4.74 Å². The second-order valence-corrected chi connectivity index (χ2v) is 2.40. The second kappa shape index (κ2) is 6.03. The Kier molecular flexibility index (Phi) is 5.32. The Morgan fingerprint density at radius 2 is 2.31 bits per heavy atom.